The van der Waals surface area contributed by atoms with Crippen molar-refractivity contribution in [1.29, 1.82) is 0 Å². The van der Waals surface area contributed by atoms with Crippen LogP contribution in [0, 0.1) is 0 Å². The van der Waals surface area contributed by atoms with E-state index in [2.05, 4.69) is 12.2 Å². The van der Waals surface area contributed by atoms with Gasteiger partial charge in [0.1, 0.15) is 5.75 Å². The molecule has 3 unspecified atom stereocenters. The van der Waals surface area contributed by atoms with Gasteiger partial charge in [-0.15, -0.1) is 0 Å². The lowest BCUT2D eigenvalue weighted by Crippen LogP contribution is -2.39. The van der Waals surface area contributed by atoms with E-state index < -0.39 is 24.1 Å². The van der Waals surface area contributed by atoms with Crippen molar-refractivity contribution in [1.82, 2.24) is 5.32 Å². The molecule has 0 fully saturated rings. The highest BCUT2D eigenvalue weighted by Gasteiger charge is 2.29. The molecule has 2 rings (SSSR count). The minimum Gasteiger partial charge on any atom is -0.508 e. The smallest absolute Gasteiger partial charge is 0.335 e. The summed E-state index contributed by atoms with van der Waals surface area (Å²) >= 11 is 0. The molecule has 0 saturated carbocycles. The predicted octanol–water partition coefficient (Wildman–Crippen LogP) is 0.834. The van der Waals surface area contributed by atoms with Crippen LogP contribution in [0.25, 0.3) is 0 Å². The predicted molar refractivity (Wildman–Crippen MR) is 115 cm³/mol. The number of aliphatic carboxylic acids is 2. The van der Waals surface area contributed by atoms with E-state index in [9.17, 15) is 24.9 Å². The average molecular weight is 451 g/mol. The molecule has 0 aliphatic carbocycles. The van der Waals surface area contributed by atoms with Crippen LogP contribution in [0.4, 0.5) is 0 Å². The maximum atomic E-state index is 9.77. The highest BCUT2D eigenvalue weighted by Crippen LogP contribution is 2.24. The zero-order valence-electron chi connectivity index (χ0n) is 17.5. The normalized spacial score (nSPS) is 13.3. The van der Waals surface area contributed by atoms with E-state index in [0.717, 1.165) is 31.4 Å². The van der Waals surface area contributed by atoms with Crippen LogP contribution in [-0.2, 0) is 22.4 Å². The summed E-state index contributed by atoms with van der Waals surface area (Å²) in [5.74, 6) is -3.39. The fraction of sp³-hybridized carbons (Fsp3) is 0.364. The molecule has 32 heavy (non-hydrogen) atoms. The number of aromatic hydroxyl groups is 3. The number of carbonyl (C=O) groups is 2. The van der Waals surface area contributed by atoms with E-state index in [0.29, 0.717) is 11.8 Å². The van der Waals surface area contributed by atoms with Crippen LogP contribution in [0.15, 0.2) is 42.5 Å². The molecular formula is C22H29NO9. The second kappa shape index (κ2) is 13.2. The lowest BCUT2D eigenvalue weighted by Gasteiger charge is -2.14. The minimum absolute atomic E-state index is 0.0714. The van der Waals surface area contributed by atoms with Crippen molar-refractivity contribution in [3.8, 4) is 17.2 Å². The van der Waals surface area contributed by atoms with Gasteiger partial charge in [-0.2, -0.15) is 0 Å². The Balaban J connectivity index is 0.000000433. The molecule has 0 amide bonds. The number of hydrogen-bond donors (Lipinski definition) is 8. The monoisotopic (exact) mass is 451 g/mol. The van der Waals surface area contributed by atoms with Crippen molar-refractivity contribution >= 4 is 11.9 Å². The van der Waals surface area contributed by atoms with Crippen molar-refractivity contribution in [3.05, 3.63) is 53.6 Å². The van der Waals surface area contributed by atoms with Gasteiger partial charge in [0, 0.05) is 6.04 Å². The fourth-order valence-corrected chi connectivity index (χ4v) is 2.61. The molecule has 3 atom stereocenters. The number of aliphatic hydroxyl groups is 2. The standard InChI is InChI=1S/C18H23NO3.C4H6O6/c1-13(2-3-14-4-7-16(20)8-5-14)19-11-10-15-6-9-17(21)18(22)12-15;5-1(3(7)8)2(6)4(9)10/h4-9,12-13,19-22H,2-3,10-11H2,1H3;1-2,5-6H,(H,7,8)(H,9,10). The lowest BCUT2D eigenvalue weighted by atomic mass is 10.1. The Hall–Kier alpha value is -3.34. The summed E-state index contributed by atoms with van der Waals surface area (Å²) in [7, 11) is 0. The molecule has 0 aliphatic rings. The molecular weight excluding hydrogens is 422 g/mol. The third-order valence-corrected chi connectivity index (χ3v) is 4.55. The van der Waals surface area contributed by atoms with E-state index in [4.69, 9.17) is 20.4 Å². The van der Waals surface area contributed by atoms with Crippen molar-refractivity contribution in [2.45, 2.75) is 44.4 Å². The molecule has 10 nitrogen and oxygen atoms in total. The molecule has 0 aliphatic heterocycles. The molecule has 8 N–H and O–H groups in total. The van der Waals surface area contributed by atoms with E-state index in [1.807, 2.05) is 18.2 Å². The van der Waals surface area contributed by atoms with Crippen LogP contribution in [0.1, 0.15) is 24.5 Å². The van der Waals surface area contributed by atoms with Crippen LogP contribution >= 0.6 is 0 Å². The Bertz CT molecular complexity index is 852. The Kier molecular flexibility index (Phi) is 11.0. The Morgan fingerprint density at radius 1 is 0.812 bits per heavy atom. The van der Waals surface area contributed by atoms with Gasteiger partial charge < -0.3 is 41.1 Å². The van der Waals surface area contributed by atoms with Crippen LogP contribution in [0.2, 0.25) is 0 Å². The molecule has 0 spiro atoms. The van der Waals surface area contributed by atoms with Gasteiger partial charge in [-0.25, -0.2) is 9.59 Å². The van der Waals surface area contributed by atoms with Gasteiger partial charge in [-0.1, -0.05) is 18.2 Å². The number of phenolic OH excluding ortho intramolecular Hbond substituents is 3. The molecule has 0 bridgehead atoms. The van der Waals surface area contributed by atoms with Crippen LogP contribution in [0.5, 0.6) is 17.2 Å². The Morgan fingerprint density at radius 3 is 1.84 bits per heavy atom. The highest BCUT2D eigenvalue weighted by molar-refractivity contribution is 5.83. The first-order valence-corrected chi connectivity index (χ1v) is 9.85. The second-order valence-electron chi connectivity index (χ2n) is 7.20. The van der Waals surface area contributed by atoms with Gasteiger partial charge >= 0.3 is 11.9 Å². The molecule has 0 aromatic heterocycles. The van der Waals surface area contributed by atoms with Gasteiger partial charge in [-0.05, 0) is 68.1 Å². The number of aryl methyl sites for hydroxylation is 1. The summed E-state index contributed by atoms with van der Waals surface area (Å²) in [6.45, 7) is 2.97. The molecule has 0 heterocycles. The van der Waals surface area contributed by atoms with E-state index >= 15 is 0 Å². The van der Waals surface area contributed by atoms with Crippen molar-refractivity contribution in [2.75, 3.05) is 6.54 Å². The van der Waals surface area contributed by atoms with Crippen LogP contribution < -0.4 is 5.32 Å². The number of aliphatic hydroxyl groups excluding tert-OH is 2. The number of benzene rings is 2. The summed E-state index contributed by atoms with van der Waals surface area (Å²) in [6, 6.07) is 12.6. The number of nitrogens with one attached hydrogen (secondary N) is 1. The molecule has 0 saturated heterocycles. The van der Waals surface area contributed by atoms with Crippen molar-refractivity contribution in [2.24, 2.45) is 0 Å². The first-order chi connectivity index (χ1) is 15.0. The maximum Gasteiger partial charge on any atom is 0.335 e. The number of phenols is 3. The summed E-state index contributed by atoms with van der Waals surface area (Å²) in [5.41, 5.74) is 2.21. The average Bonchev–Trinajstić information content (AvgIpc) is 2.75. The number of rotatable bonds is 10. The van der Waals surface area contributed by atoms with Crippen molar-refractivity contribution < 1.29 is 45.3 Å². The van der Waals surface area contributed by atoms with E-state index in [1.165, 1.54) is 11.6 Å². The van der Waals surface area contributed by atoms with Crippen LogP contribution in [-0.4, -0.2) is 72.5 Å². The van der Waals surface area contributed by atoms with Gasteiger partial charge in [0.2, 0.25) is 0 Å². The quantitative estimate of drug-likeness (QED) is 0.240. The lowest BCUT2D eigenvalue weighted by molar-refractivity contribution is -0.165. The van der Waals surface area contributed by atoms with Gasteiger partial charge in [0.25, 0.3) is 0 Å². The third kappa shape index (κ3) is 9.65. The minimum atomic E-state index is -2.27. The van der Waals surface area contributed by atoms with Gasteiger partial charge in [0.15, 0.2) is 23.7 Å². The van der Waals surface area contributed by atoms with E-state index in [1.54, 1.807) is 18.2 Å². The highest BCUT2D eigenvalue weighted by atomic mass is 16.4. The topological polar surface area (TPSA) is 188 Å². The Morgan fingerprint density at radius 2 is 1.34 bits per heavy atom. The molecule has 176 valence electrons. The number of hydrogen-bond acceptors (Lipinski definition) is 8. The molecule has 0 radical (unpaired) electrons. The molecule has 2 aromatic rings. The van der Waals surface area contributed by atoms with Crippen molar-refractivity contribution in [3.63, 3.8) is 0 Å². The summed E-state index contributed by atoms with van der Waals surface area (Å²) < 4.78 is 0. The zero-order chi connectivity index (χ0) is 24.3. The zero-order valence-corrected chi connectivity index (χ0v) is 17.5. The van der Waals surface area contributed by atoms with Gasteiger partial charge in [-0.3, -0.25) is 0 Å². The van der Waals surface area contributed by atoms with Crippen LogP contribution in [0.3, 0.4) is 0 Å². The van der Waals surface area contributed by atoms with E-state index in [-0.39, 0.29) is 11.5 Å². The molecule has 2 aromatic carbocycles. The second-order valence-corrected chi connectivity index (χ2v) is 7.20. The SMILES string of the molecule is CC(CCc1ccc(O)cc1)NCCc1ccc(O)c(O)c1.O=C(O)C(O)C(O)C(=O)O. The first-order valence-electron chi connectivity index (χ1n) is 9.85. The maximum absolute atomic E-state index is 9.77. The number of carboxylic acids is 2. The summed E-state index contributed by atoms with van der Waals surface area (Å²) in [4.78, 5) is 19.5. The third-order valence-electron chi connectivity index (χ3n) is 4.55. The first kappa shape index (κ1) is 26.7. The van der Waals surface area contributed by atoms with Gasteiger partial charge in [0.05, 0.1) is 0 Å². The number of carboxylic acid groups (broad SMARTS) is 2. The summed E-state index contributed by atoms with van der Waals surface area (Å²) in [6.07, 6.45) is -1.74. The fourth-order valence-electron chi connectivity index (χ4n) is 2.61. The summed E-state index contributed by atoms with van der Waals surface area (Å²) in [5, 5.41) is 64.0. The largest absolute Gasteiger partial charge is 0.508 e. The molecule has 10 heteroatoms. The Labute approximate surface area is 185 Å².